The van der Waals surface area contributed by atoms with E-state index < -0.39 is 0 Å². The molecular weight excluding hydrogens is 342 g/mol. The molecule has 6 heteroatoms. The average molecular weight is 371 g/mol. The van der Waals surface area contributed by atoms with E-state index in [2.05, 4.69) is 29.0 Å². The van der Waals surface area contributed by atoms with Crippen LogP contribution < -0.4 is 20.2 Å². The first-order valence-electron chi connectivity index (χ1n) is 9.65. The number of carbonyl (C=O) groups is 1. The number of carbonyl (C=O) groups excluding carboxylic acids is 1. The van der Waals surface area contributed by atoms with Crippen LogP contribution in [0.2, 0.25) is 0 Å². The van der Waals surface area contributed by atoms with Gasteiger partial charge in [-0.15, -0.1) is 0 Å². The molecule has 0 bridgehead atoms. The monoisotopic (exact) mass is 371 g/mol. The summed E-state index contributed by atoms with van der Waals surface area (Å²) >= 11 is 0. The number of nitrogens with one attached hydrogen (secondary N) is 2. The molecule has 146 valence electrons. The van der Waals surface area contributed by atoms with Crippen LogP contribution in [-0.2, 0) is 11.3 Å². The highest BCUT2D eigenvalue weighted by Crippen LogP contribution is 2.29. The van der Waals surface area contributed by atoms with Gasteiger partial charge in [-0.25, -0.2) is 5.01 Å². The Morgan fingerprint density at radius 1 is 1.30 bits per heavy atom. The third-order valence-corrected chi connectivity index (χ3v) is 4.89. The second kappa shape index (κ2) is 10.1. The molecule has 0 aromatic heterocycles. The highest BCUT2D eigenvalue weighted by Gasteiger charge is 2.20. The summed E-state index contributed by atoms with van der Waals surface area (Å²) in [5.41, 5.74) is 5.63. The van der Waals surface area contributed by atoms with Crippen molar-refractivity contribution in [2.75, 3.05) is 26.8 Å². The van der Waals surface area contributed by atoms with Crippen LogP contribution in [0, 0.1) is 0 Å². The van der Waals surface area contributed by atoms with Crippen LogP contribution in [0.1, 0.15) is 31.2 Å². The van der Waals surface area contributed by atoms with Gasteiger partial charge in [0.25, 0.3) is 0 Å². The maximum absolute atomic E-state index is 11.4. The molecule has 1 atom stereocenters. The number of dihydropyridines is 1. The van der Waals surface area contributed by atoms with Gasteiger partial charge >= 0.3 is 0 Å². The van der Waals surface area contributed by atoms with Crippen LogP contribution in [0.5, 0.6) is 11.5 Å². The second-order valence-corrected chi connectivity index (χ2v) is 6.82. The SMILES string of the molecule is COc1cc(CN2NCCCCC2C=O)ccc1OCCC1=CC=CCN1. The molecule has 27 heavy (non-hydrogen) atoms. The zero-order valence-electron chi connectivity index (χ0n) is 15.9. The molecule has 2 heterocycles. The Kier molecular flexibility index (Phi) is 7.30. The molecule has 6 nitrogen and oxygen atoms in total. The highest BCUT2D eigenvalue weighted by molar-refractivity contribution is 5.57. The summed E-state index contributed by atoms with van der Waals surface area (Å²) in [7, 11) is 1.65. The molecule has 0 aliphatic carbocycles. The summed E-state index contributed by atoms with van der Waals surface area (Å²) in [6.07, 6.45) is 11.1. The number of hydrazine groups is 1. The number of hydrogen-bond donors (Lipinski definition) is 2. The zero-order valence-corrected chi connectivity index (χ0v) is 15.9. The second-order valence-electron chi connectivity index (χ2n) is 6.82. The van der Waals surface area contributed by atoms with E-state index in [1.807, 2.05) is 23.2 Å². The zero-order chi connectivity index (χ0) is 18.9. The molecule has 0 amide bonds. The van der Waals surface area contributed by atoms with E-state index in [4.69, 9.17) is 9.47 Å². The fraction of sp³-hybridized carbons (Fsp3) is 0.476. The molecule has 2 aliphatic heterocycles. The van der Waals surface area contributed by atoms with Crippen LogP contribution in [-0.4, -0.2) is 44.1 Å². The van der Waals surface area contributed by atoms with E-state index in [0.717, 1.165) is 62.1 Å². The van der Waals surface area contributed by atoms with Gasteiger partial charge in [-0.2, -0.15) is 0 Å². The largest absolute Gasteiger partial charge is 0.493 e. The molecule has 0 saturated carbocycles. The Labute approximate surface area is 161 Å². The van der Waals surface area contributed by atoms with Crippen molar-refractivity contribution in [1.82, 2.24) is 15.8 Å². The van der Waals surface area contributed by atoms with Crippen molar-refractivity contribution < 1.29 is 14.3 Å². The number of aldehydes is 1. The maximum atomic E-state index is 11.4. The van der Waals surface area contributed by atoms with E-state index in [1.165, 1.54) is 5.70 Å². The quantitative estimate of drug-likeness (QED) is 0.685. The van der Waals surface area contributed by atoms with Crippen LogP contribution in [0.3, 0.4) is 0 Å². The predicted octanol–water partition coefficient (Wildman–Crippen LogP) is 2.57. The third-order valence-electron chi connectivity index (χ3n) is 4.89. The van der Waals surface area contributed by atoms with Gasteiger partial charge in [-0.05, 0) is 36.6 Å². The molecule has 1 fully saturated rings. The molecule has 0 spiro atoms. The van der Waals surface area contributed by atoms with E-state index in [-0.39, 0.29) is 6.04 Å². The van der Waals surface area contributed by atoms with Crippen molar-refractivity contribution in [3.8, 4) is 11.5 Å². The van der Waals surface area contributed by atoms with Crippen LogP contribution in [0.4, 0.5) is 0 Å². The Balaban J connectivity index is 1.60. The normalized spacial score (nSPS) is 20.3. The lowest BCUT2D eigenvalue weighted by Gasteiger charge is -2.26. The van der Waals surface area contributed by atoms with Gasteiger partial charge in [-0.1, -0.05) is 24.6 Å². The summed E-state index contributed by atoms with van der Waals surface area (Å²) in [5, 5.41) is 5.36. The van der Waals surface area contributed by atoms with Crippen molar-refractivity contribution in [2.24, 2.45) is 0 Å². The fourth-order valence-corrected chi connectivity index (χ4v) is 3.36. The van der Waals surface area contributed by atoms with E-state index in [9.17, 15) is 4.79 Å². The fourth-order valence-electron chi connectivity index (χ4n) is 3.36. The van der Waals surface area contributed by atoms with E-state index in [1.54, 1.807) is 7.11 Å². The number of allylic oxidation sites excluding steroid dienone is 2. The Morgan fingerprint density at radius 3 is 3.00 bits per heavy atom. The number of methoxy groups -OCH3 is 1. The van der Waals surface area contributed by atoms with Crippen LogP contribution >= 0.6 is 0 Å². The number of ether oxygens (including phenoxy) is 2. The average Bonchev–Trinajstić information content (AvgIpc) is 2.94. The minimum absolute atomic E-state index is 0.0836. The highest BCUT2D eigenvalue weighted by atomic mass is 16.5. The molecule has 2 aliphatic rings. The topological polar surface area (TPSA) is 62.8 Å². The van der Waals surface area contributed by atoms with Crippen molar-refractivity contribution in [2.45, 2.75) is 38.3 Å². The minimum atomic E-state index is -0.0836. The molecule has 1 unspecified atom stereocenters. The molecule has 1 aromatic carbocycles. The summed E-state index contributed by atoms with van der Waals surface area (Å²) in [6, 6.07) is 5.89. The number of rotatable bonds is 8. The summed E-state index contributed by atoms with van der Waals surface area (Å²) in [5.74, 6) is 1.46. The predicted molar refractivity (Wildman–Crippen MR) is 106 cm³/mol. The van der Waals surface area contributed by atoms with Gasteiger partial charge in [0.1, 0.15) is 6.29 Å². The Morgan fingerprint density at radius 2 is 2.22 bits per heavy atom. The van der Waals surface area contributed by atoms with Crippen LogP contribution in [0.15, 0.2) is 42.1 Å². The smallest absolute Gasteiger partial charge is 0.161 e. The van der Waals surface area contributed by atoms with Gasteiger partial charge in [-0.3, -0.25) is 5.43 Å². The summed E-state index contributed by atoms with van der Waals surface area (Å²) in [6.45, 7) is 3.02. The molecule has 2 N–H and O–H groups in total. The van der Waals surface area contributed by atoms with E-state index in [0.29, 0.717) is 13.2 Å². The van der Waals surface area contributed by atoms with Crippen molar-refractivity contribution >= 4 is 6.29 Å². The van der Waals surface area contributed by atoms with Gasteiger partial charge < -0.3 is 19.6 Å². The third kappa shape index (κ3) is 5.58. The Hall–Kier alpha value is -2.31. The first-order chi connectivity index (χ1) is 13.3. The summed E-state index contributed by atoms with van der Waals surface area (Å²) in [4.78, 5) is 11.4. The lowest BCUT2D eigenvalue weighted by molar-refractivity contribution is -0.113. The Bertz CT molecular complexity index is 687. The van der Waals surface area contributed by atoms with Crippen molar-refractivity contribution in [3.63, 3.8) is 0 Å². The lowest BCUT2D eigenvalue weighted by Crippen LogP contribution is -2.44. The van der Waals surface area contributed by atoms with Gasteiger partial charge in [0.05, 0.1) is 19.8 Å². The maximum Gasteiger partial charge on any atom is 0.161 e. The van der Waals surface area contributed by atoms with Gasteiger partial charge in [0, 0.05) is 31.8 Å². The van der Waals surface area contributed by atoms with E-state index >= 15 is 0 Å². The van der Waals surface area contributed by atoms with Crippen LogP contribution in [0.25, 0.3) is 0 Å². The minimum Gasteiger partial charge on any atom is -0.493 e. The van der Waals surface area contributed by atoms with Crippen molar-refractivity contribution in [3.05, 3.63) is 47.7 Å². The van der Waals surface area contributed by atoms with Gasteiger partial charge in [0.15, 0.2) is 11.5 Å². The lowest BCUT2D eigenvalue weighted by atomic mass is 10.1. The molecule has 1 saturated heterocycles. The molecule has 1 aromatic rings. The number of benzene rings is 1. The first kappa shape index (κ1) is 19.5. The standard InChI is InChI=1S/C21H29N3O3/c1-26-21-14-17(15-24-19(16-25)7-3-5-12-23-24)8-9-20(21)27-13-10-18-6-2-4-11-22-18/h2,4,6,8-9,14,16,19,22-23H,3,5,7,10-13,15H2,1H3. The molecular formula is C21H29N3O3. The number of nitrogens with zero attached hydrogens (tertiary/aromatic N) is 1. The molecule has 3 rings (SSSR count). The first-order valence-corrected chi connectivity index (χ1v) is 9.65. The molecule has 0 radical (unpaired) electrons. The van der Waals surface area contributed by atoms with Crippen molar-refractivity contribution in [1.29, 1.82) is 0 Å². The summed E-state index contributed by atoms with van der Waals surface area (Å²) < 4.78 is 11.4. The number of hydrogen-bond acceptors (Lipinski definition) is 6. The van der Waals surface area contributed by atoms with Gasteiger partial charge in [0.2, 0.25) is 0 Å².